The van der Waals surface area contributed by atoms with Gasteiger partial charge in [-0.25, -0.2) is 0 Å². The van der Waals surface area contributed by atoms with Crippen molar-refractivity contribution >= 4 is 11.6 Å². The molecule has 0 bridgehead atoms. The molecule has 0 saturated carbocycles. The Morgan fingerprint density at radius 2 is 1.89 bits per heavy atom. The van der Waals surface area contributed by atoms with E-state index < -0.39 is 0 Å². The molecule has 2 aliphatic rings. The van der Waals surface area contributed by atoms with Crippen molar-refractivity contribution in [1.29, 1.82) is 0 Å². The molecule has 1 aromatic rings. The van der Waals surface area contributed by atoms with Gasteiger partial charge in [-0.1, -0.05) is 35.9 Å². The second kappa shape index (κ2) is 6.11. The van der Waals surface area contributed by atoms with Gasteiger partial charge < -0.3 is 5.32 Å². The number of halogens is 1. The van der Waals surface area contributed by atoms with Crippen LogP contribution in [0.25, 0.3) is 0 Å². The van der Waals surface area contributed by atoms with Gasteiger partial charge in [0.05, 0.1) is 0 Å². The van der Waals surface area contributed by atoms with Crippen LogP contribution in [0.5, 0.6) is 0 Å². The second-order valence-corrected chi connectivity index (χ2v) is 6.30. The molecule has 2 heteroatoms. The standard InChI is InChI=1S/C17H22ClN/c18-15-8-6-14(7-9-15)17-12-19-11-10-16(17)13-4-2-1-3-5-13/h1-2,6-9,13,16-17,19H,3-5,10-12H2. The fourth-order valence-corrected chi connectivity index (χ4v) is 3.85. The number of benzene rings is 1. The molecule has 1 aromatic carbocycles. The summed E-state index contributed by atoms with van der Waals surface area (Å²) in [7, 11) is 0. The normalized spacial score (nSPS) is 31.3. The van der Waals surface area contributed by atoms with Gasteiger partial charge in [-0.3, -0.25) is 0 Å². The third-order valence-corrected chi connectivity index (χ3v) is 5.00. The highest BCUT2D eigenvalue weighted by molar-refractivity contribution is 6.30. The fraction of sp³-hybridized carbons (Fsp3) is 0.529. The first-order valence-corrected chi connectivity index (χ1v) is 7.83. The predicted octanol–water partition coefficient (Wildman–Crippen LogP) is 4.39. The zero-order valence-corrected chi connectivity index (χ0v) is 12.1. The summed E-state index contributed by atoms with van der Waals surface area (Å²) >= 11 is 6.01. The highest BCUT2D eigenvalue weighted by atomic mass is 35.5. The summed E-state index contributed by atoms with van der Waals surface area (Å²) in [6.45, 7) is 2.29. The molecule has 0 radical (unpaired) electrons. The fourth-order valence-electron chi connectivity index (χ4n) is 3.72. The molecule has 1 aliphatic carbocycles. The third-order valence-electron chi connectivity index (χ3n) is 4.75. The molecular formula is C17H22ClN. The van der Waals surface area contributed by atoms with Gasteiger partial charge in [0.2, 0.25) is 0 Å². The molecule has 19 heavy (non-hydrogen) atoms. The summed E-state index contributed by atoms with van der Waals surface area (Å²) in [5, 5.41) is 4.40. The van der Waals surface area contributed by atoms with Crippen LogP contribution in [-0.2, 0) is 0 Å². The van der Waals surface area contributed by atoms with E-state index in [4.69, 9.17) is 11.6 Å². The molecule has 0 amide bonds. The minimum Gasteiger partial charge on any atom is -0.316 e. The first-order valence-electron chi connectivity index (χ1n) is 7.46. The Bertz CT molecular complexity index is 437. The second-order valence-electron chi connectivity index (χ2n) is 5.86. The van der Waals surface area contributed by atoms with Gasteiger partial charge in [0, 0.05) is 11.6 Å². The van der Waals surface area contributed by atoms with Crippen molar-refractivity contribution in [3.8, 4) is 0 Å². The Morgan fingerprint density at radius 3 is 2.63 bits per heavy atom. The molecule has 102 valence electrons. The van der Waals surface area contributed by atoms with Crippen LogP contribution in [0.3, 0.4) is 0 Å². The van der Waals surface area contributed by atoms with Gasteiger partial charge in [0.1, 0.15) is 0 Å². The largest absolute Gasteiger partial charge is 0.316 e. The third kappa shape index (κ3) is 3.04. The molecule has 3 unspecified atom stereocenters. The average molecular weight is 276 g/mol. The van der Waals surface area contributed by atoms with E-state index in [2.05, 4.69) is 29.6 Å². The quantitative estimate of drug-likeness (QED) is 0.790. The van der Waals surface area contributed by atoms with E-state index >= 15 is 0 Å². The molecular weight excluding hydrogens is 254 g/mol. The lowest BCUT2D eigenvalue weighted by Crippen LogP contribution is -2.38. The van der Waals surface area contributed by atoms with Crippen molar-refractivity contribution in [2.24, 2.45) is 11.8 Å². The number of piperidine rings is 1. The highest BCUT2D eigenvalue weighted by Gasteiger charge is 2.32. The predicted molar refractivity (Wildman–Crippen MR) is 81.7 cm³/mol. The van der Waals surface area contributed by atoms with E-state index in [0.717, 1.165) is 23.4 Å². The van der Waals surface area contributed by atoms with Crippen molar-refractivity contribution in [2.45, 2.75) is 31.6 Å². The topological polar surface area (TPSA) is 12.0 Å². The maximum absolute atomic E-state index is 6.01. The van der Waals surface area contributed by atoms with Crippen molar-refractivity contribution in [3.63, 3.8) is 0 Å². The summed E-state index contributed by atoms with van der Waals surface area (Å²) < 4.78 is 0. The molecule has 1 N–H and O–H groups in total. The zero-order chi connectivity index (χ0) is 13.1. The molecule has 1 aliphatic heterocycles. The van der Waals surface area contributed by atoms with Gasteiger partial charge >= 0.3 is 0 Å². The summed E-state index contributed by atoms with van der Waals surface area (Å²) in [4.78, 5) is 0. The van der Waals surface area contributed by atoms with Crippen molar-refractivity contribution in [2.75, 3.05) is 13.1 Å². The van der Waals surface area contributed by atoms with E-state index in [-0.39, 0.29) is 0 Å². The summed E-state index contributed by atoms with van der Waals surface area (Å²) in [5.41, 5.74) is 1.45. The smallest absolute Gasteiger partial charge is 0.0406 e. The first-order chi connectivity index (χ1) is 9.34. The first kappa shape index (κ1) is 13.2. The van der Waals surface area contributed by atoms with Crippen molar-refractivity contribution < 1.29 is 0 Å². The van der Waals surface area contributed by atoms with E-state index in [0.29, 0.717) is 5.92 Å². The van der Waals surface area contributed by atoms with Crippen LogP contribution in [0.15, 0.2) is 36.4 Å². The lowest BCUT2D eigenvalue weighted by atomic mass is 9.70. The van der Waals surface area contributed by atoms with E-state index in [1.807, 2.05) is 12.1 Å². The number of hydrogen-bond acceptors (Lipinski definition) is 1. The molecule has 3 atom stereocenters. The zero-order valence-electron chi connectivity index (χ0n) is 11.3. The molecule has 0 spiro atoms. The molecule has 0 aromatic heterocycles. The van der Waals surface area contributed by atoms with Gasteiger partial charge in [-0.15, -0.1) is 0 Å². The molecule has 1 heterocycles. The molecule has 1 fully saturated rings. The summed E-state index contributed by atoms with van der Waals surface area (Å²) in [6.07, 6.45) is 9.94. The van der Waals surface area contributed by atoms with Gasteiger partial charge in [0.15, 0.2) is 0 Å². The van der Waals surface area contributed by atoms with Crippen LogP contribution < -0.4 is 5.32 Å². The number of rotatable bonds is 2. The van der Waals surface area contributed by atoms with Gasteiger partial charge in [0.25, 0.3) is 0 Å². The van der Waals surface area contributed by atoms with E-state index in [9.17, 15) is 0 Å². The Morgan fingerprint density at radius 1 is 1.05 bits per heavy atom. The van der Waals surface area contributed by atoms with Crippen LogP contribution in [0, 0.1) is 11.8 Å². The minimum absolute atomic E-state index is 0.655. The highest BCUT2D eigenvalue weighted by Crippen LogP contribution is 2.39. The maximum Gasteiger partial charge on any atom is 0.0406 e. The minimum atomic E-state index is 0.655. The average Bonchev–Trinajstić information content (AvgIpc) is 2.49. The summed E-state index contributed by atoms with van der Waals surface area (Å²) in [6, 6.07) is 8.49. The lowest BCUT2D eigenvalue weighted by Gasteiger charge is -2.38. The monoisotopic (exact) mass is 275 g/mol. The van der Waals surface area contributed by atoms with Crippen LogP contribution in [0.2, 0.25) is 5.02 Å². The van der Waals surface area contributed by atoms with Gasteiger partial charge in [-0.2, -0.15) is 0 Å². The van der Waals surface area contributed by atoms with Crippen LogP contribution >= 0.6 is 11.6 Å². The molecule has 3 rings (SSSR count). The number of nitrogens with one attached hydrogen (secondary N) is 1. The Hall–Kier alpha value is -0.790. The number of allylic oxidation sites excluding steroid dienone is 2. The Kier molecular flexibility index (Phi) is 4.24. The lowest BCUT2D eigenvalue weighted by molar-refractivity contribution is 0.211. The van der Waals surface area contributed by atoms with Crippen LogP contribution in [0.4, 0.5) is 0 Å². The Labute approximate surface area is 121 Å². The molecule has 1 nitrogen and oxygen atoms in total. The summed E-state index contributed by atoms with van der Waals surface area (Å²) in [5.74, 6) is 2.35. The van der Waals surface area contributed by atoms with E-state index in [1.165, 1.54) is 37.8 Å². The van der Waals surface area contributed by atoms with Crippen LogP contribution in [0.1, 0.15) is 37.2 Å². The van der Waals surface area contributed by atoms with Crippen LogP contribution in [-0.4, -0.2) is 13.1 Å². The van der Waals surface area contributed by atoms with Gasteiger partial charge in [-0.05, 0) is 67.7 Å². The van der Waals surface area contributed by atoms with Crippen molar-refractivity contribution in [3.05, 3.63) is 47.0 Å². The number of hydrogen-bond donors (Lipinski definition) is 1. The van der Waals surface area contributed by atoms with E-state index in [1.54, 1.807) is 0 Å². The molecule has 1 saturated heterocycles. The Balaban J connectivity index is 1.80. The SMILES string of the molecule is Clc1ccc(C2CNCCC2C2CC=CCC2)cc1. The maximum atomic E-state index is 6.01. The van der Waals surface area contributed by atoms with Crippen molar-refractivity contribution in [1.82, 2.24) is 5.32 Å².